The van der Waals surface area contributed by atoms with Gasteiger partial charge in [0.15, 0.2) is 6.10 Å². The summed E-state index contributed by atoms with van der Waals surface area (Å²) in [5.41, 5.74) is -1.29. The summed E-state index contributed by atoms with van der Waals surface area (Å²) in [4.78, 5) is 34.4. The first-order valence-electron chi connectivity index (χ1n) is 9.36. The van der Waals surface area contributed by atoms with Crippen molar-refractivity contribution in [2.75, 3.05) is 18.9 Å². The van der Waals surface area contributed by atoms with E-state index in [0.29, 0.717) is 0 Å². The van der Waals surface area contributed by atoms with Gasteiger partial charge in [0, 0.05) is 32.2 Å². The summed E-state index contributed by atoms with van der Waals surface area (Å²) in [7, 11) is -3.91. The maximum absolute atomic E-state index is 12.1. The van der Waals surface area contributed by atoms with Gasteiger partial charge in [-0.05, 0) is 12.3 Å². The van der Waals surface area contributed by atoms with Crippen LogP contribution in [0.1, 0.15) is 54.4 Å². The molecule has 0 radical (unpaired) electrons. The fourth-order valence-corrected chi connectivity index (χ4v) is 3.13. The van der Waals surface area contributed by atoms with Crippen LogP contribution in [-0.2, 0) is 38.2 Å². The molecule has 0 bridgehead atoms. The maximum atomic E-state index is 12.1. The number of carbonyl (C=O) groups excluding carboxylic acids is 3. The fourth-order valence-electron chi connectivity index (χ4n) is 2.03. The standard InChI is InChI=1S/C18H33NO9S/c1-12(2)10-15(21)27-14(4)28-17(23)16(22)18(5,6)11-26-29(24,25)9-7-8-19-13(3)20/h12,14,16,22H,7-11H2,1-6H3,(H,19,20)/t14?,16-/m0/s1. The lowest BCUT2D eigenvalue weighted by molar-refractivity contribution is -0.195. The van der Waals surface area contributed by atoms with Gasteiger partial charge in [-0.1, -0.05) is 27.7 Å². The summed E-state index contributed by atoms with van der Waals surface area (Å²) in [6, 6.07) is 0. The van der Waals surface area contributed by atoms with Gasteiger partial charge >= 0.3 is 11.9 Å². The molecule has 2 N–H and O–H groups in total. The molecule has 1 amide bonds. The second-order valence-corrected chi connectivity index (χ2v) is 9.60. The highest BCUT2D eigenvalue weighted by atomic mass is 32.2. The van der Waals surface area contributed by atoms with Crippen molar-refractivity contribution in [2.24, 2.45) is 11.3 Å². The summed E-state index contributed by atoms with van der Waals surface area (Å²) in [5.74, 6) is -2.12. The van der Waals surface area contributed by atoms with E-state index in [4.69, 9.17) is 13.7 Å². The van der Waals surface area contributed by atoms with Crippen molar-refractivity contribution < 1.29 is 41.6 Å². The Morgan fingerprint density at radius 3 is 2.21 bits per heavy atom. The van der Waals surface area contributed by atoms with E-state index in [9.17, 15) is 27.9 Å². The Labute approximate surface area is 172 Å². The molecule has 0 spiro atoms. The molecule has 11 heteroatoms. The minimum atomic E-state index is -3.91. The normalized spacial score (nSPS) is 14.2. The maximum Gasteiger partial charge on any atom is 0.338 e. The van der Waals surface area contributed by atoms with Crippen molar-refractivity contribution in [1.82, 2.24) is 5.32 Å². The van der Waals surface area contributed by atoms with E-state index in [1.807, 2.05) is 13.8 Å². The van der Waals surface area contributed by atoms with Gasteiger partial charge in [0.25, 0.3) is 10.1 Å². The first-order valence-corrected chi connectivity index (χ1v) is 10.9. The zero-order valence-electron chi connectivity index (χ0n) is 17.9. The minimum Gasteiger partial charge on any atom is -0.425 e. The zero-order valence-corrected chi connectivity index (χ0v) is 18.7. The molecule has 0 saturated heterocycles. The average Bonchev–Trinajstić information content (AvgIpc) is 2.55. The number of hydrogen-bond acceptors (Lipinski definition) is 9. The highest BCUT2D eigenvalue weighted by Crippen LogP contribution is 2.24. The molecule has 10 nitrogen and oxygen atoms in total. The van der Waals surface area contributed by atoms with Crippen LogP contribution in [0.25, 0.3) is 0 Å². The monoisotopic (exact) mass is 439 g/mol. The SMILES string of the molecule is CC(=O)NCCCS(=O)(=O)OCC(C)(C)[C@@H](O)C(=O)OC(C)OC(=O)CC(C)C. The number of carbonyl (C=O) groups is 3. The van der Waals surface area contributed by atoms with Crippen molar-refractivity contribution in [3.63, 3.8) is 0 Å². The van der Waals surface area contributed by atoms with Gasteiger partial charge < -0.3 is 19.9 Å². The molecule has 170 valence electrons. The summed E-state index contributed by atoms with van der Waals surface area (Å²) in [6.07, 6.45) is -2.59. The number of esters is 2. The summed E-state index contributed by atoms with van der Waals surface area (Å²) in [6.45, 7) is 8.90. The molecule has 0 aromatic heterocycles. The van der Waals surface area contributed by atoms with Crippen LogP contribution >= 0.6 is 0 Å². The number of ether oxygens (including phenoxy) is 2. The van der Waals surface area contributed by atoms with E-state index >= 15 is 0 Å². The largest absolute Gasteiger partial charge is 0.425 e. The van der Waals surface area contributed by atoms with Gasteiger partial charge in [0.2, 0.25) is 12.2 Å². The fraction of sp³-hybridized carbons (Fsp3) is 0.833. The Balaban J connectivity index is 4.57. The molecule has 0 aliphatic heterocycles. The lowest BCUT2D eigenvalue weighted by atomic mass is 9.88. The topological polar surface area (TPSA) is 145 Å². The Morgan fingerprint density at radius 1 is 1.10 bits per heavy atom. The molecule has 2 atom stereocenters. The first kappa shape index (κ1) is 27.3. The summed E-state index contributed by atoms with van der Waals surface area (Å²) < 4.78 is 38.6. The predicted molar refractivity (Wildman–Crippen MR) is 104 cm³/mol. The second-order valence-electron chi connectivity index (χ2n) is 7.84. The summed E-state index contributed by atoms with van der Waals surface area (Å²) in [5, 5.41) is 12.7. The van der Waals surface area contributed by atoms with E-state index < -0.39 is 46.5 Å². The van der Waals surface area contributed by atoms with E-state index in [1.165, 1.54) is 27.7 Å². The van der Waals surface area contributed by atoms with Gasteiger partial charge in [-0.3, -0.25) is 13.8 Å². The third kappa shape index (κ3) is 12.4. The molecule has 0 heterocycles. The number of hydrogen-bond donors (Lipinski definition) is 2. The van der Waals surface area contributed by atoms with Crippen LogP contribution in [0.15, 0.2) is 0 Å². The smallest absolute Gasteiger partial charge is 0.338 e. The van der Waals surface area contributed by atoms with Crippen molar-refractivity contribution in [1.29, 1.82) is 0 Å². The van der Waals surface area contributed by atoms with Gasteiger partial charge in [-0.2, -0.15) is 8.42 Å². The minimum absolute atomic E-state index is 0.0762. The molecule has 1 unspecified atom stereocenters. The Hall–Kier alpha value is -1.72. The molecule has 0 aromatic rings. The molecular formula is C18H33NO9S. The third-order valence-electron chi connectivity index (χ3n) is 3.67. The van der Waals surface area contributed by atoms with Gasteiger partial charge in [-0.15, -0.1) is 0 Å². The number of amides is 1. The molecule has 0 aromatic carbocycles. The number of nitrogens with one attached hydrogen (secondary N) is 1. The van der Waals surface area contributed by atoms with Gasteiger partial charge in [-0.25, -0.2) is 4.79 Å². The molecule has 0 saturated carbocycles. The number of rotatable bonds is 13. The second kappa shape index (κ2) is 12.1. The van der Waals surface area contributed by atoms with E-state index in [0.717, 1.165) is 0 Å². The van der Waals surface area contributed by atoms with Crippen molar-refractivity contribution in [3.8, 4) is 0 Å². The van der Waals surface area contributed by atoms with Crippen molar-refractivity contribution >= 4 is 28.0 Å². The van der Waals surface area contributed by atoms with Gasteiger partial charge in [0.05, 0.1) is 12.4 Å². The van der Waals surface area contributed by atoms with Crippen LogP contribution in [0.3, 0.4) is 0 Å². The van der Waals surface area contributed by atoms with Crippen LogP contribution in [-0.4, -0.2) is 62.7 Å². The Bertz CT molecular complexity index is 658. The lowest BCUT2D eigenvalue weighted by Crippen LogP contribution is -2.43. The van der Waals surface area contributed by atoms with E-state index in [-0.39, 0.29) is 37.0 Å². The van der Waals surface area contributed by atoms with Crippen LogP contribution in [0, 0.1) is 11.3 Å². The van der Waals surface area contributed by atoms with Crippen LogP contribution in [0.4, 0.5) is 0 Å². The molecule has 29 heavy (non-hydrogen) atoms. The molecular weight excluding hydrogens is 406 g/mol. The Morgan fingerprint density at radius 2 is 1.69 bits per heavy atom. The van der Waals surface area contributed by atoms with Crippen LogP contribution in [0.2, 0.25) is 0 Å². The molecule has 0 rings (SSSR count). The van der Waals surface area contributed by atoms with Crippen LogP contribution < -0.4 is 5.32 Å². The van der Waals surface area contributed by atoms with Crippen molar-refractivity contribution in [3.05, 3.63) is 0 Å². The first-order chi connectivity index (χ1) is 13.2. The highest BCUT2D eigenvalue weighted by Gasteiger charge is 2.37. The highest BCUT2D eigenvalue weighted by molar-refractivity contribution is 7.86. The predicted octanol–water partition coefficient (Wildman–Crippen LogP) is 0.725. The zero-order chi connectivity index (χ0) is 22.8. The Kier molecular flexibility index (Phi) is 11.4. The van der Waals surface area contributed by atoms with Crippen molar-refractivity contribution in [2.45, 2.75) is 66.8 Å². The average molecular weight is 440 g/mol. The van der Waals surface area contributed by atoms with Crippen LogP contribution in [0.5, 0.6) is 0 Å². The summed E-state index contributed by atoms with van der Waals surface area (Å²) >= 11 is 0. The molecule has 0 aliphatic carbocycles. The quantitative estimate of drug-likeness (QED) is 0.183. The molecule has 0 fully saturated rings. The third-order valence-corrected chi connectivity index (χ3v) is 4.94. The van der Waals surface area contributed by atoms with E-state index in [1.54, 1.807) is 0 Å². The number of aliphatic hydroxyl groups excluding tert-OH is 1. The lowest BCUT2D eigenvalue weighted by Gasteiger charge is -2.29. The van der Waals surface area contributed by atoms with E-state index in [2.05, 4.69) is 5.32 Å². The molecule has 0 aliphatic rings. The van der Waals surface area contributed by atoms with Gasteiger partial charge in [0.1, 0.15) is 0 Å². The number of aliphatic hydroxyl groups is 1.